The van der Waals surface area contributed by atoms with Gasteiger partial charge in [0.1, 0.15) is 23.3 Å². The zero-order valence-electron chi connectivity index (χ0n) is 22.8. The first-order chi connectivity index (χ1) is 18.0. The predicted molar refractivity (Wildman–Crippen MR) is 149 cm³/mol. The van der Waals surface area contributed by atoms with E-state index in [1.54, 1.807) is 0 Å². The SMILES string of the molecule is [C-]#[N+]C1=C(C)C2=C(c3ccccc3)c3c(C)c(C#N)c(C)n3[B-]3(Oc4ccc(C(C)(C)C)cc4O3)[N+]2=C1C. The summed E-state index contributed by atoms with van der Waals surface area (Å²) < 4.78 is 17.9. The highest BCUT2D eigenvalue weighted by molar-refractivity contribution is 6.62. The van der Waals surface area contributed by atoms with Crippen molar-refractivity contribution in [3.63, 3.8) is 0 Å². The molecule has 6 nitrogen and oxygen atoms in total. The Labute approximate surface area is 223 Å². The Kier molecular flexibility index (Phi) is 4.88. The van der Waals surface area contributed by atoms with Gasteiger partial charge < -0.3 is 18.3 Å². The van der Waals surface area contributed by atoms with Crippen LogP contribution in [0.1, 0.15) is 68.3 Å². The van der Waals surface area contributed by atoms with Crippen LogP contribution in [0.25, 0.3) is 10.4 Å². The Bertz CT molecular complexity index is 1750. The van der Waals surface area contributed by atoms with Gasteiger partial charge in [-0.25, -0.2) is 4.85 Å². The van der Waals surface area contributed by atoms with E-state index in [0.717, 1.165) is 50.6 Å². The summed E-state index contributed by atoms with van der Waals surface area (Å²) in [4.78, 5) is 3.93. The summed E-state index contributed by atoms with van der Waals surface area (Å²) in [6.07, 6.45) is 0. The molecule has 0 aliphatic carbocycles. The summed E-state index contributed by atoms with van der Waals surface area (Å²) in [5.41, 5.74) is 9.33. The van der Waals surface area contributed by atoms with Gasteiger partial charge in [0.05, 0.1) is 17.7 Å². The lowest BCUT2D eigenvalue weighted by molar-refractivity contribution is -0.369. The molecule has 1 aromatic heterocycles. The summed E-state index contributed by atoms with van der Waals surface area (Å²) in [5.74, 6) is 1.31. The number of hydrogen-bond acceptors (Lipinski definition) is 3. The standard InChI is InChI=1S/C31H29BN4O2/c1-18-24(17-33)20(3)35-29(18)27(22-12-10-9-11-13-22)30-19(2)28(34-8)21(4)36(30)32(35)37-25-15-14-23(31(5,6)7)16-26(25)38-32/h9-16H,1-7H3. The molecule has 3 aliphatic rings. The summed E-state index contributed by atoms with van der Waals surface area (Å²) >= 11 is 0. The third kappa shape index (κ3) is 2.90. The lowest BCUT2D eigenvalue weighted by Crippen LogP contribution is -2.65. The molecule has 188 valence electrons. The first-order valence-electron chi connectivity index (χ1n) is 12.9. The summed E-state index contributed by atoms with van der Waals surface area (Å²) in [6, 6.07) is 18.7. The molecule has 0 saturated carbocycles. The number of fused-ring (bicyclic) bond motifs is 5. The lowest BCUT2D eigenvalue weighted by Gasteiger charge is -2.39. The minimum Gasteiger partial charge on any atom is -0.599 e. The topological polar surface area (TPSA) is 54.6 Å². The van der Waals surface area contributed by atoms with E-state index in [4.69, 9.17) is 15.9 Å². The maximum Gasteiger partial charge on any atom is 0.779 e. The van der Waals surface area contributed by atoms with Crippen LogP contribution in [0.5, 0.6) is 11.5 Å². The Balaban J connectivity index is 1.75. The van der Waals surface area contributed by atoms with Gasteiger partial charge in [-0.1, -0.05) is 57.2 Å². The van der Waals surface area contributed by atoms with Gasteiger partial charge in [-0.05, 0) is 55.0 Å². The van der Waals surface area contributed by atoms with E-state index in [0.29, 0.717) is 22.8 Å². The quantitative estimate of drug-likeness (QED) is 0.284. The van der Waals surface area contributed by atoms with Crippen LogP contribution < -0.4 is 9.31 Å². The van der Waals surface area contributed by atoms with E-state index in [-0.39, 0.29) is 5.41 Å². The number of aromatic nitrogens is 1. The van der Waals surface area contributed by atoms with Crippen LogP contribution in [0.15, 0.2) is 65.5 Å². The van der Waals surface area contributed by atoms with Crippen LogP contribution in [-0.4, -0.2) is 21.5 Å². The van der Waals surface area contributed by atoms with E-state index in [2.05, 4.69) is 64.9 Å². The highest BCUT2D eigenvalue weighted by Crippen LogP contribution is 2.50. The molecule has 1 spiro atoms. The maximum atomic E-state index is 10.2. The van der Waals surface area contributed by atoms with Gasteiger partial charge >= 0.3 is 6.82 Å². The number of allylic oxidation sites excluding steroid dienone is 2. The largest absolute Gasteiger partial charge is 0.779 e. The fourth-order valence-electron chi connectivity index (χ4n) is 6.30. The van der Waals surface area contributed by atoms with Gasteiger partial charge in [-0.2, -0.15) is 5.26 Å². The molecule has 4 heterocycles. The minimum atomic E-state index is -2.40. The molecule has 7 heteroatoms. The second-order valence-corrected chi connectivity index (χ2v) is 11.3. The van der Waals surface area contributed by atoms with Crippen LogP contribution in [0, 0.1) is 31.8 Å². The summed E-state index contributed by atoms with van der Waals surface area (Å²) in [6.45, 7) is 20.0. The number of nitrogens with zero attached hydrogens (tertiary/aromatic N) is 4. The van der Waals surface area contributed by atoms with E-state index in [1.807, 2.05) is 52.0 Å². The van der Waals surface area contributed by atoms with Crippen molar-refractivity contribution >= 4 is 18.1 Å². The van der Waals surface area contributed by atoms with Crippen molar-refractivity contribution < 1.29 is 13.8 Å². The molecule has 3 aromatic rings. The molecular formula is C31H29BN4O2. The number of nitriles is 1. The van der Waals surface area contributed by atoms with Crippen molar-refractivity contribution in [2.24, 2.45) is 0 Å². The van der Waals surface area contributed by atoms with Gasteiger partial charge in [0.15, 0.2) is 5.70 Å². The molecule has 38 heavy (non-hydrogen) atoms. The maximum absolute atomic E-state index is 10.2. The first-order valence-corrected chi connectivity index (χ1v) is 12.9. The van der Waals surface area contributed by atoms with Gasteiger partial charge in [0.25, 0.3) is 5.70 Å². The van der Waals surface area contributed by atoms with E-state index in [9.17, 15) is 5.26 Å². The second-order valence-electron chi connectivity index (χ2n) is 11.3. The van der Waals surface area contributed by atoms with E-state index >= 15 is 0 Å². The Morgan fingerprint density at radius 1 is 1.00 bits per heavy atom. The fourth-order valence-corrected chi connectivity index (χ4v) is 6.30. The lowest BCUT2D eigenvalue weighted by atomic mass is 9.78. The zero-order valence-corrected chi connectivity index (χ0v) is 22.8. The predicted octanol–water partition coefficient (Wildman–Crippen LogP) is 6.48. The number of rotatable bonds is 1. The third-order valence-electron chi connectivity index (χ3n) is 8.13. The van der Waals surface area contributed by atoms with Crippen LogP contribution >= 0.6 is 0 Å². The highest BCUT2D eigenvalue weighted by Gasteiger charge is 2.64. The average molecular weight is 500 g/mol. The zero-order chi connectivity index (χ0) is 27.1. The van der Waals surface area contributed by atoms with Crippen molar-refractivity contribution in [1.82, 2.24) is 4.48 Å². The first kappa shape index (κ1) is 23.9. The van der Waals surface area contributed by atoms with Crippen molar-refractivity contribution in [3.8, 4) is 17.6 Å². The second kappa shape index (κ2) is 7.76. The van der Waals surface area contributed by atoms with E-state index in [1.165, 1.54) is 0 Å². The van der Waals surface area contributed by atoms with Gasteiger partial charge in [0, 0.05) is 23.9 Å². The molecular weight excluding hydrogens is 471 g/mol. The van der Waals surface area contributed by atoms with Gasteiger partial charge in [-0.3, -0.25) is 0 Å². The van der Waals surface area contributed by atoms with Crippen LogP contribution in [0.3, 0.4) is 0 Å². The summed E-state index contributed by atoms with van der Waals surface area (Å²) in [7, 11) is 0. The van der Waals surface area contributed by atoms with E-state index < -0.39 is 6.82 Å². The van der Waals surface area contributed by atoms with Crippen molar-refractivity contribution in [2.75, 3.05) is 0 Å². The van der Waals surface area contributed by atoms with Crippen molar-refractivity contribution in [1.29, 1.82) is 5.26 Å². The molecule has 2 aromatic carbocycles. The fraction of sp³-hybridized carbons (Fsp3) is 0.258. The smallest absolute Gasteiger partial charge is 0.599 e. The normalized spacial score (nSPS) is 19.6. The average Bonchev–Trinajstić information content (AvgIpc) is 3.47. The van der Waals surface area contributed by atoms with Crippen LogP contribution in [0.2, 0.25) is 0 Å². The third-order valence-corrected chi connectivity index (χ3v) is 8.13. The Hall–Kier alpha value is -4.49. The summed E-state index contributed by atoms with van der Waals surface area (Å²) in [5, 5.41) is 10.2. The van der Waals surface area contributed by atoms with Crippen LogP contribution in [-0.2, 0) is 5.41 Å². The molecule has 6 rings (SSSR count). The highest BCUT2D eigenvalue weighted by atomic mass is 16.7. The molecule has 1 unspecified atom stereocenters. The molecule has 0 fully saturated rings. The molecule has 0 bridgehead atoms. The monoisotopic (exact) mass is 500 g/mol. The Morgan fingerprint density at radius 3 is 2.32 bits per heavy atom. The molecule has 1 atom stereocenters. The van der Waals surface area contributed by atoms with Crippen molar-refractivity contribution in [3.05, 3.63) is 111 Å². The molecule has 0 amide bonds. The molecule has 0 saturated heterocycles. The van der Waals surface area contributed by atoms with Crippen molar-refractivity contribution in [2.45, 2.75) is 53.9 Å². The van der Waals surface area contributed by atoms with Crippen LogP contribution in [0.4, 0.5) is 0 Å². The van der Waals surface area contributed by atoms with Gasteiger partial charge in [-0.15, -0.1) is 0 Å². The number of benzene rings is 2. The minimum absolute atomic E-state index is 0.0660. The molecule has 0 radical (unpaired) electrons. The van der Waals surface area contributed by atoms with Gasteiger partial charge in [0.2, 0.25) is 0 Å². The molecule has 0 N–H and O–H groups in total. The number of hydrogen-bond donors (Lipinski definition) is 0. The molecule has 3 aliphatic heterocycles. The Morgan fingerprint density at radius 2 is 1.68 bits per heavy atom.